The van der Waals surface area contributed by atoms with Gasteiger partial charge in [-0.2, -0.15) is 9.78 Å². The highest BCUT2D eigenvalue weighted by Gasteiger charge is 2.19. The summed E-state index contributed by atoms with van der Waals surface area (Å²) in [5.41, 5.74) is 2.23. The van der Waals surface area contributed by atoms with Gasteiger partial charge in [-0.05, 0) is 30.3 Å². The molecule has 0 unspecified atom stereocenters. The van der Waals surface area contributed by atoms with Crippen molar-refractivity contribution in [1.82, 2.24) is 14.3 Å². The lowest BCUT2D eigenvalue weighted by Crippen LogP contribution is -2.24. The van der Waals surface area contributed by atoms with Gasteiger partial charge in [0.15, 0.2) is 0 Å². The maximum Gasteiger partial charge on any atom is 0.296 e. The second kappa shape index (κ2) is 5.47. The zero-order valence-electron chi connectivity index (χ0n) is 12.9. The smallest absolute Gasteiger partial charge is 0.296 e. The monoisotopic (exact) mass is 339 g/mol. The summed E-state index contributed by atoms with van der Waals surface area (Å²) in [4.78, 5) is 13.0. The first kappa shape index (κ1) is 14.9. The van der Waals surface area contributed by atoms with E-state index in [4.69, 9.17) is 11.6 Å². The number of aliphatic hydroxyl groups excluding tert-OH is 1. The van der Waals surface area contributed by atoms with Crippen molar-refractivity contribution in [2.75, 3.05) is 0 Å². The first-order valence-corrected chi connectivity index (χ1v) is 7.85. The van der Waals surface area contributed by atoms with Gasteiger partial charge in [-0.1, -0.05) is 29.8 Å². The molecule has 0 saturated heterocycles. The van der Waals surface area contributed by atoms with Crippen LogP contribution >= 0.6 is 11.6 Å². The summed E-state index contributed by atoms with van der Waals surface area (Å²) in [7, 11) is 1.83. The fourth-order valence-electron chi connectivity index (χ4n) is 3.13. The van der Waals surface area contributed by atoms with Crippen LogP contribution < -0.4 is 5.56 Å². The highest BCUT2D eigenvalue weighted by molar-refractivity contribution is 6.31. The van der Waals surface area contributed by atoms with Crippen molar-refractivity contribution in [3.63, 3.8) is 0 Å². The molecule has 0 aliphatic rings. The fourth-order valence-corrected chi connectivity index (χ4v) is 3.30. The van der Waals surface area contributed by atoms with Gasteiger partial charge in [0.1, 0.15) is 5.52 Å². The summed E-state index contributed by atoms with van der Waals surface area (Å²) in [5.74, 6) is 0. The average molecular weight is 340 g/mol. The molecule has 1 N–H and O–H groups in total. The van der Waals surface area contributed by atoms with Crippen LogP contribution in [0.25, 0.3) is 27.5 Å². The average Bonchev–Trinajstić information content (AvgIpc) is 2.89. The van der Waals surface area contributed by atoms with Gasteiger partial charge >= 0.3 is 0 Å². The zero-order valence-corrected chi connectivity index (χ0v) is 13.7. The second-order valence-electron chi connectivity index (χ2n) is 5.60. The Morgan fingerprint density at radius 3 is 2.62 bits per heavy atom. The third-order valence-corrected chi connectivity index (χ3v) is 4.45. The lowest BCUT2D eigenvalue weighted by atomic mass is 10.1. The van der Waals surface area contributed by atoms with Crippen LogP contribution in [0.1, 0.15) is 5.69 Å². The van der Waals surface area contributed by atoms with Crippen molar-refractivity contribution in [3.05, 3.63) is 69.6 Å². The Bertz CT molecular complexity index is 1130. The molecule has 0 spiro atoms. The van der Waals surface area contributed by atoms with Crippen molar-refractivity contribution in [2.24, 2.45) is 7.05 Å². The molecular formula is C18H14ClN3O2. The number of benzene rings is 2. The van der Waals surface area contributed by atoms with Crippen LogP contribution in [0.4, 0.5) is 0 Å². The van der Waals surface area contributed by atoms with E-state index in [0.29, 0.717) is 27.3 Å². The SMILES string of the molecule is Cn1c2ccc(Cl)cc2c2c(CO)nn(-c3ccccc3)c(=O)c21. The quantitative estimate of drug-likeness (QED) is 0.610. The molecule has 0 radical (unpaired) electrons. The lowest BCUT2D eigenvalue weighted by Gasteiger charge is -2.08. The number of halogens is 1. The molecule has 0 atom stereocenters. The third kappa shape index (κ3) is 2.06. The molecule has 6 heteroatoms. The first-order chi connectivity index (χ1) is 11.6. The van der Waals surface area contributed by atoms with E-state index >= 15 is 0 Å². The van der Waals surface area contributed by atoms with Gasteiger partial charge in [0.25, 0.3) is 5.56 Å². The fraction of sp³-hybridized carbons (Fsp3) is 0.111. The maximum atomic E-state index is 13.0. The molecule has 0 amide bonds. The minimum absolute atomic E-state index is 0.233. The summed E-state index contributed by atoms with van der Waals surface area (Å²) in [6.07, 6.45) is 0. The van der Waals surface area contributed by atoms with Crippen molar-refractivity contribution in [2.45, 2.75) is 6.61 Å². The molecular weight excluding hydrogens is 326 g/mol. The molecule has 2 aromatic heterocycles. The number of aryl methyl sites for hydroxylation is 1. The molecule has 2 heterocycles. The summed E-state index contributed by atoms with van der Waals surface area (Å²) in [6, 6.07) is 14.6. The zero-order chi connectivity index (χ0) is 16.8. The van der Waals surface area contributed by atoms with Crippen LogP contribution in [-0.4, -0.2) is 19.5 Å². The maximum absolute atomic E-state index is 13.0. The molecule has 4 rings (SSSR count). The van der Waals surface area contributed by atoms with E-state index in [1.807, 2.05) is 35.9 Å². The standard InChI is InChI=1S/C18H14ClN3O2/c1-21-15-8-7-11(19)9-13(15)16-14(10-23)20-22(18(24)17(16)21)12-5-3-2-4-6-12/h2-9,23H,10H2,1H3. The van der Waals surface area contributed by atoms with Gasteiger partial charge in [-0.15, -0.1) is 0 Å². The van der Waals surface area contributed by atoms with Crippen molar-refractivity contribution < 1.29 is 5.11 Å². The van der Waals surface area contributed by atoms with Crippen LogP contribution in [0.2, 0.25) is 5.02 Å². The third-order valence-electron chi connectivity index (χ3n) is 4.22. The number of hydrogen-bond donors (Lipinski definition) is 1. The van der Waals surface area contributed by atoms with E-state index in [9.17, 15) is 9.90 Å². The number of para-hydroxylation sites is 1. The van der Waals surface area contributed by atoms with Gasteiger partial charge in [-0.3, -0.25) is 4.79 Å². The van der Waals surface area contributed by atoms with Crippen LogP contribution in [0, 0.1) is 0 Å². The number of rotatable bonds is 2. The summed E-state index contributed by atoms with van der Waals surface area (Å²) in [5, 5.41) is 16.2. The molecule has 4 aromatic rings. The van der Waals surface area contributed by atoms with Crippen LogP contribution in [0.5, 0.6) is 0 Å². The Labute approximate surface area is 142 Å². The highest BCUT2D eigenvalue weighted by Crippen LogP contribution is 2.30. The Morgan fingerprint density at radius 2 is 1.92 bits per heavy atom. The molecule has 120 valence electrons. The van der Waals surface area contributed by atoms with Gasteiger partial charge in [0.2, 0.25) is 0 Å². The Kier molecular flexibility index (Phi) is 3.40. The number of aromatic nitrogens is 3. The molecule has 0 saturated carbocycles. The lowest BCUT2D eigenvalue weighted by molar-refractivity contribution is 0.276. The summed E-state index contributed by atoms with van der Waals surface area (Å²) >= 11 is 6.12. The van der Waals surface area contributed by atoms with Crippen molar-refractivity contribution in [1.29, 1.82) is 0 Å². The van der Waals surface area contributed by atoms with E-state index in [1.165, 1.54) is 4.68 Å². The van der Waals surface area contributed by atoms with Gasteiger partial charge in [-0.25, -0.2) is 0 Å². The summed E-state index contributed by atoms with van der Waals surface area (Å²) in [6.45, 7) is -0.269. The number of fused-ring (bicyclic) bond motifs is 3. The molecule has 2 aromatic carbocycles. The first-order valence-electron chi connectivity index (χ1n) is 7.48. The van der Waals surface area contributed by atoms with Gasteiger partial charge < -0.3 is 9.67 Å². The molecule has 5 nitrogen and oxygen atoms in total. The van der Waals surface area contributed by atoms with Gasteiger partial charge in [0.05, 0.1) is 18.0 Å². The molecule has 0 fully saturated rings. The highest BCUT2D eigenvalue weighted by atomic mass is 35.5. The number of hydrogen-bond acceptors (Lipinski definition) is 3. The molecule has 0 aliphatic carbocycles. The normalized spacial score (nSPS) is 11.5. The minimum Gasteiger partial charge on any atom is -0.390 e. The predicted molar refractivity (Wildman–Crippen MR) is 94.7 cm³/mol. The van der Waals surface area contributed by atoms with E-state index in [1.54, 1.807) is 24.3 Å². The molecule has 0 aliphatic heterocycles. The van der Waals surface area contributed by atoms with Crippen LogP contribution in [0.15, 0.2) is 53.3 Å². The Balaban J connectivity index is 2.22. The Hall–Kier alpha value is -2.63. The van der Waals surface area contributed by atoms with Crippen molar-refractivity contribution in [3.8, 4) is 5.69 Å². The largest absolute Gasteiger partial charge is 0.390 e. The van der Waals surface area contributed by atoms with E-state index < -0.39 is 0 Å². The van der Waals surface area contributed by atoms with Gasteiger partial charge in [0, 0.05) is 28.4 Å². The van der Waals surface area contributed by atoms with E-state index in [0.717, 1.165) is 10.9 Å². The van der Waals surface area contributed by atoms with Crippen LogP contribution in [0.3, 0.4) is 0 Å². The van der Waals surface area contributed by atoms with E-state index in [-0.39, 0.29) is 12.2 Å². The number of nitrogens with zero attached hydrogens (tertiary/aromatic N) is 3. The summed E-state index contributed by atoms with van der Waals surface area (Å²) < 4.78 is 3.15. The predicted octanol–water partition coefficient (Wildman–Crippen LogP) is 3.02. The van der Waals surface area contributed by atoms with Crippen LogP contribution in [-0.2, 0) is 13.7 Å². The topological polar surface area (TPSA) is 60.0 Å². The molecule has 0 bridgehead atoms. The second-order valence-corrected chi connectivity index (χ2v) is 6.04. The number of aliphatic hydroxyl groups is 1. The molecule has 24 heavy (non-hydrogen) atoms. The van der Waals surface area contributed by atoms with Crippen molar-refractivity contribution >= 4 is 33.4 Å². The Morgan fingerprint density at radius 1 is 1.17 bits per heavy atom. The minimum atomic E-state index is -0.269. The van der Waals surface area contributed by atoms with E-state index in [2.05, 4.69) is 5.10 Å².